The van der Waals surface area contributed by atoms with Crippen molar-refractivity contribution in [2.24, 2.45) is 0 Å². The van der Waals surface area contributed by atoms with Crippen LogP contribution < -0.4 is 9.88 Å². The van der Waals surface area contributed by atoms with Gasteiger partial charge in [-0.1, -0.05) is 12.1 Å². The summed E-state index contributed by atoms with van der Waals surface area (Å²) in [6.45, 7) is 2.53. The number of aromatic nitrogens is 1. The Morgan fingerprint density at radius 1 is 0.806 bits per heavy atom. The molecule has 2 aliphatic heterocycles. The fraction of sp³-hybridized carbons (Fsp3) is 0.400. The summed E-state index contributed by atoms with van der Waals surface area (Å²) in [5, 5.41) is 9.23. The van der Waals surface area contributed by atoms with Gasteiger partial charge in [-0.15, -0.1) is 0 Å². The minimum absolute atomic E-state index is 0.0222. The molecule has 0 spiro atoms. The average molecular weight is 463 g/mol. The predicted molar refractivity (Wildman–Crippen MR) is 113 cm³/mol. The second kappa shape index (κ2) is 8.55. The molecule has 31 heavy (non-hydrogen) atoms. The zero-order chi connectivity index (χ0) is 22.1. The number of pyridine rings is 1. The Kier molecular flexibility index (Phi) is 5.98. The van der Waals surface area contributed by atoms with Gasteiger partial charge in [0.05, 0.1) is 36.6 Å². The number of nitriles is 1. The molecule has 2 aromatic rings. The van der Waals surface area contributed by atoms with Crippen molar-refractivity contribution in [3.05, 3.63) is 48.2 Å². The van der Waals surface area contributed by atoms with Crippen LogP contribution in [-0.2, 0) is 20.0 Å². The summed E-state index contributed by atoms with van der Waals surface area (Å²) in [6, 6.07) is 11.4. The van der Waals surface area contributed by atoms with Crippen LogP contribution >= 0.6 is 0 Å². The molecule has 0 amide bonds. The van der Waals surface area contributed by atoms with Crippen LogP contribution in [0, 0.1) is 11.3 Å². The maximum Gasteiger partial charge on any atom is 0.274 e. The number of anilines is 1. The van der Waals surface area contributed by atoms with E-state index in [0.29, 0.717) is 26.2 Å². The van der Waals surface area contributed by atoms with Gasteiger partial charge in [-0.3, -0.25) is 4.90 Å². The van der Waals surface area contributed by atoms with Gasteiger partial charge in [-0.25, -0.2) is 21.8 Å². The van der Waals surface area contributed by atoms with E-state index in [0.717, 1.165) is 18.7 Å². The average Bonchev–Trinajstić information content (AvgIpc) is 3.35. The molecule has 0 saturated carbocycles. The number of piperazine rings is 1. The van der Waals surface area contributed by atoms with Crippen LogP contribution in [0.4, 0.5) is 5.82 Å². The van der Waals surface area contributed by atoms with Gasteiger partial charge in [0.2, 0.25) is 20.0 Å². The van der Waals surface area contributed by atoms with Crippen molar-refractivity contribution in [2.45, 2.75) is 22.6 Å². The summed E-state index contributed by atoms with van der Waals surface area (Å²) in [5.41, 5.74) is 0.132. The highest BCUT2D eigenvalue weighted by Gasteiger charge is 2.34. The van der Waals surface area contributed by atoms with Crippen molar-refractivity contribution >= 4 is 25.9 Å². The van der Waals surface area contributed by atoms with E-state index in [1.165, 1.54) is 26.9 Å². The summed E-state index contributed by atoms with van der Waals surface area (Å²) in [5.74, 6) is 0.731. The fourth-order valence-electron chi connectivity index (χ4n) is 3.93. The van der Waals surface area contributed by atoms with Crippen LogP contribution in [0.3, 0.4) is 0 Å². The van der Waals surface area contributed by atoms with Gasteiger partial charge < -0.3 is 0 Å². The first-order chi connectivity index (χ1) is 14.8. The lowest BCUT2D eigenvalue weighted by molar-refractivity contribution is -0.367. The lowest BCUT2D eigenvalue weighted by atomic mass is 10.2. The summed E-state index contributed by atoms with van der Waals surface area (Å²) >= 11 is 0. The molecule has 4 rings (SSSR count). The number of hydrogen-bond donors (Lipinski definition) is 0. The fourth-order valence-corrected chi connectivity index (χ4v) is 6.98. The van der Waals surface area contributed by atoms with Crippen molar-refractivity contribution in [1.82, 2.24) is 8.61 Å². The maximum absolute atomic E-state index is 13.0. The van der Waals surface area contributed by atoms with Crippen molar-refractivity contribution in [3.8, 4) is 6.07 Å². The third-order valence-corrected chi connectivity index (χ3v) is 9.53. The molecule has 3 heterocycles. The summed E-state index contributed by atoms with van der Waals surface area (Å²) in [4.78, 5) is 5.28. The highest BCUT2D eigenvalue weighted by atomic mass is 32.2. The Morgan fingerprint density at radius 2 is 1.45 bits per heavy atom. The largest absolute Gasteiger partial charge is 0.274 e. The third-order valence-electron chi connectivity index (χ3n) is 5.68. The van der Waals surface area contributed by atoms with Crippen LogP contribution in [0.2, 0.25) is 0 Å². The maximum atomic E-state index is 13.0. The second-order valence-corrected chi connectivity index (χ2v) is 11.4. The van der Waals surface area contributed by atoms with Crippen LogP contribution in [0.15, 0.2) is 52.4 Å². The number of nitrogens with one attached hydrogen (secondary N) is 1. The van der Waals surface area contributed by atoms with Gasteiger partial charge >= 0.3 is 0 Å². The molecule has 0 radical (unpaired) electrons. The summed E-state index contributed by atoms with van der Waals surface area (Å²) < 4.78 is 54.1. The quantitative estimate of drug-likeness (QED) is 0.645. The van der Waals surface area contributed by atoms with E-state index in [9.17, 15) is 22.1 Å². The zero-order valence-electron chi connectivity index (χ0n) is 16.9. The summed E-state index contributed by atoms with van der Waals surface area (Å²) in [6.07, 6.45) is 3.26. The molecule has 0 bridgehead atoms. The van der Waals surface area contributed by atoms with Gasteiger partial charge in [0, 0.05) is 19.2 Å². The number of sulfonamides is 2. The molecule has 11 heteroatoms. The van der Waals surface area contributed by atoms with Gasteiger partial charge in [0.25, 0.3) is 5.82 Å². The Morgan fingerprint density at radius 3 is 2.06 bits per heavy atom. The zero-order valence-corrected chi connectivity index (χ0v) is 18.6. The van der Waals surface area contributed by atoms with E-state index in [1.54, 1.807) is 24.3 Å². The first-order valence-electron chi connectivity index (χ1n) is 10.1. The van der Waals surface area contributed by atoms with Gasteiger partial charge in [-0.05, 0) is 31.0 Å². The third kappa shape index (κ3) is 4.16. The monoisotopic (exact) mass is 462 g/mol. The van der Waals surface area contributed by atoms with E-state index in [2.05, 4.69) is 4.98 Å². The molecular formula is C20H24N5O4S2+. The second-order valence-electron chi connectivity index (χ2n) is 7.52. The van der Waals surface area contributed by atoms with E-state index in [1.807, 2.05) is 11.0 Å². The Bertz CT molecular complexity index is 1190. The molecule has 164 valence electrons. The number of nitrogens with zero attached hydrogens (tertiary/aromatic N) is 4. The van der Waals surface area contributed by atoms with Gasteiger partial charge in [-0.2, -0.15) is 13.9 Å². The topological polar surface area (TPSA) is 116 Å². The Labute approximate surface area is 182 Å². The number of benzene rings is 1. The molecule has 0 unspecified atom stereocenters. The predicted octanol–water partition coefficient (Wildman–Crippen LogP) is 0.668. The standard InChI is InChI=1S/C20H23N5O4S2/c21-15-17-5-1-2-6-19(17)31(28,29)25-13-11-23(12-14-25)20-8-7-18(16-22-20)30(26,27)24-9-3-4-10-24/h1-2,5-8,16H,3-4,9-14H2/p+1. The number of hydrogen-bond acceptors (Lipinski definition) is 6. The van der Waals surface area contributed by atoms with Gasteiger partial charge in [0.15, 0.2) is 0 Å². The minimum Gasteiger partial charge on any atom is -0.259 e. The molecule has 2 saturated heterocycles. The lowest BCUT2D eigenvalue weighted by Gasteiger charge is -2.30. The smallest absolute Gasteiger partial charge is 0.259 e. The van der Waals surface area contributed by atoms with Crippen molar-refractivity contribution < 1.29 is 21.8 Å². The van der Waals surface area contributed by atoms with Crippen LogP contribution in [-0.4, -0.2) is 64.7 Å². The Hall–Kier alpha value is -2.52. The van der Waals surface area contributed by atoms with E-state index < -0.39 is 20.0 Å². The van der Waals surface area contributed by atoms with Crippen molar-refractivity contribution in [3.63, 3.8) is 0 Å². The molecule has 0 aliphatic carbocycles. The number of H-pyrrole nitrogens is 1. The summed E-state index contributed by atoms with van der Waals surface area (Å²) in [7, 11) is -7.24. The number of rotatable bonds is 5. The first-order valence-corrected chi connectivity index (χ1v) is 13.0. The van der Waals surface area contributed by atoms with Crippen LogP contribution in [0.1, 0.15) is 18.4 Å². The van der Waals surface area contributed by atoms with Crippen molar-refractivity contribution in [2.75, 3.05) is 44.2 Å². The highest BCUT2D eigenvalue weighted by molar-refractivity contribution is 7.89. The minimum atomic E-state index is -3.76. The molecule has 9 nitrogen and oxygen atoms in total. The molecule has 2 fully saturated rings. The molecule has 1 N–H and O–H groups in total. The molecule has 0 atom stereocenters. The first kappa shape index (κ1) is 21.7. The van der Waals surface area contributed by atoms with Gasteiger partial charge in [0.1, 0.15) is 17.2 Å². The van der Waals surface area contributed by atoms with E-state index in [4.69, 9.17) is 0 Å². The molecule has 1 aromatic heterocycles. The molecular weight excluding hydrogens is 438 g/mol. The van der Waals surface area contributed by atoms with Crippen molar-refractivity contribution in [1.29, 1.82) is 5.26 Å². The number of aromatic amines is 1. The van der Waals surface area contributed by atoms with E-state index >= 15 is 0 Å². The normalized spacial score (nSPS) is 18.7. The Balaban J connectivity index is 1.45. The highest BCUT2D eigenvalue weighted by Crippen LogP contribution is 2.23. The van der Waals surface area contributed by atoms with Crippen LogP contribution in [0.25, 0.3) is 0 Å². The van der Waals surface area contributed by atoms with Crippen LogP contribution in [0.5, 0.6) is 0 Å². The lowest BCUT2D eigenvalue weighted by Crippen LogP contribution is -2.50. The van der Waals surface area contributed by atoms with E-state index in [-0.39, 0.29) is 28.4 Å². The molecule has 2 aliphatic rings. The molecule has 1 aromatic carbocycles. The SMILES string of the molecule is N#Cc1ccccc1S(=O)(=O)N1CCN(c2ccc(S(=O)(=O)N3CCCC3)c[nH+]2)CC1.